The van der Waals surface area contributed by atoms with Crippen LogP contribution in [0, 0.1) is 6.92 Å². The lowest BCUT2D eigenvalue weighted by Crippen LogP contribution is -1.97. The normalized spacial score (nSPS) is 10.2. The largest absolute Gasteiger partial charge is 0.294 e. The second-order valence-corrected chi connectivity index (χ2v) is 4.71. The van der Waals surface area contributed by atoms with Crippen molar-refractivity contribution < 1.29 is 4.79 Å². The maximum atomic E-state index is 11.4. The van der Waals surface area contributed by atoms with Crippen LogP contribution in [-0.2, 0) is 0 Å². The Kier molecular flexibility index (Phi) is 3.82. The van der Waals surface area contributed by atoms with E-state index in [4.69, 9.17) is 0 Å². The van der Waals surface area contributed by atoms with Gasteiger partial charge in [-0.05, 0) is 19.2 Å². The fraction of sp³-hybridized carbons (Fsp3) is 0.444. The number of aryl methyl sites for hydroxylation is 1. The van der Waals surface area contributed by atoms with Crippen LogP contribution in [0.4, 0.5) is 0 Å². The van der Waals surface area contributed by atoms with Crippen LogP contribution in [0.2, 0.25) is 0 Å². The molecule has 0 bridgehead atoms. The van der Waals surface area contributed by atoms with Crippen LogP contribution in [0.25, 0.3) is 0 Å². The van der Waals surface area contributed by atoms with Crippen molar-refractivity contribution in [3.8, 4) is 0 Å². The monoisotopic (exact) mass is 200 g/mol. The first-order valence-corrected chi connectivity index (χ1v) is 6.08. The Bertz CT molecular complexity index is 265. The summed E-state index contributed by atoms with van der Waals surface area (Å²) in [5.41, 5.74) is 0.881. The van der Waals surface area contributed by atoms with Gasteiger partial charge in [-0.3, -0.25) is 4.79 Å². The molecule has 0 spiro atoms. The van der Waals surface area contributed by atoms with Gasteiger partial charge in [0.05, 0.1) is 0 Å². The summed E-state index contributed by atoms with van der Waals surface area (Å²) in [5, 5.41) is 1.94. The van der Waals surface area contributed by atoms with Gasteiger partial charge in [0.2, 0.25) is 0 Å². The first-order chi connectivity index (χ1) is 5.74. The molecule has 0 fully saturated rings. The van der Waals surface area contributed by atoms with Crippen LogP contribution < -0.4 is 0 Å². The number of hydrogen-bond donors (Lipinski definition) is 0. The van der Waals surface area contributed by atoms with Crippen LogP contribution in [0.15, 0.2) is 11.4 Å². The summed E-state index contributed by atoms with van der Waals surface area (Å²) in [6, 6.07) is 1.97. The van der Waals surface area contributed by atoms with E-state index in [1.807, 2.05) is 24.6 Å². The Morgan fingerprint density at radius 1 is 1.67 bits per heavy atom. The van der Waals surface area contributed by atoms with Gasteiger partial charge < -0.3 is 0 Å². The van der Waals surface area contributed by atoms with Gasteiger partial charge in [0.25, 0.3) is 0 Å². The molecule has 0 aromatic carbocycles. The lowest BCUT2D eigenvalue weighted by Gasteiger charge is -1.94. The number of rotatable bonds is 4. The number of hydrogen-bond acceptors (Lipinski definition) is 3. The first-order valence-electron chi connectivity index (χ1n) is 3.81. The number of carbonyl (C=O) groups excluding carboxylic acids is 1. The van der Waals surface area contributed by atoms with Gasteiger partial charge in [-0.2, -0.15) is 11.8 Å². The standard InChI is InChI=1S/C9H12OS2/c1-7-5-8(6-12-7)9(10)3-4-11-2/h5-6H,3-4H2,1-2H3. The molecular weight excluding hydrogens is 188 g/mol. The molecule has 1 heterocycles. The highest BCUT2D eigenvalue weighted by Crippen LogP contribution is 2.15. The van der Waals surface area contributed by atoms with E-state index in [1.54, 1.807) is 23.1 Å². The lowest BCUT2D eigenvalue weighted by molar-refractivity contribution is 0.0990. The van der Waals surface area contributed by atoms with Crippen molar-refractivity contribution in [3.63, 3.8) is 0 Å². The van der Waals surface area contributed by atoms with Crippen molar-refractivity contribution in [1.82, 2.24) is 0 Å². The number of Topliss-reactive ketones (excluding diaryl/α,β-unsaturated/α-hetero) is 1. The Morgan fingerprint density at radius 3 is 2.92 bits per heavy atom. The minimum absolute atomic E-state index is 0.272. The van der Waals surface area contributed by atoms with E-state index in [9.17, 15) is 4.79 Å². The van der Waals surface area contributed by atoms with Gasteiger partial charge in [-0.25, -0.2) is 0 Å². The van der Waals surface area contributed by atoms with Gasteiger partial charge in [-0.15, -0.1) is 11.3 Å². The maximum Gasteiger partial charge on any atom is 0.164 e. The van der Waals surface area contributed by atoms with E-state index in [0.717, 1.165) is 11.3 Å². The molecule has 0 saturated carbocycles. The summed E-state index contributed by atoms with van der Waals surface area (Å²) in [4.78, 5) is 12.6. The molecule has 3 heteroatoms. The first kappa shape index (κ1) is 9.81. The quantitative estimate of drug-likeness (QED) is 0.695. The Hall–Kier alpha value is -0.280. The summed E-state index contributed by atoms with van der Waals surface area (Å²) < 4.78 is 0. The molecule has 0 radical (unpaired) electrons. The molecule has 0 unspecified atom stereocenters. The van der Waals surface area contributed by atoms with Crippen molar-refractivity contribution in [2.24, 2.45) is 0 Å². The molecule has 0 amide bonds. The topological polar surface area (TPSA) is 17.1 Å². The molecule has 1 aromatic heterocycles. The zero-order valence-electron chi connectivity index (χ0n) is 7.29. The molecule has 0 atom stereocenters. The Labute approximate surface area is 81.2 Å². The van der Waals surface area contributed by atoms with Gasteiger partial charge in [-0.1, -0.05) is 0 Å². The van der Waals surface area contributed by atoms with Gasteiger partial charge in [0, 0.05) is 28.0 Å². The minimum atomic E-state index is 0.272. The fourth-order valence-corrected chi connectivity index (χ4v) is 2.03. The van der Waals surface area contributed by atoms with Crippen LogP contribution in [-0.4, -0.2) is 17.8 Å². The van der Waals surface area contributed by atoms with E-state index >= 15 is 0 Å². The molecule has 1 nitrogen and oxygen atoms in total. The molecule has 66 valence electrons. The average molecular weight is 200 g/mol. The molecular formula is C9H12OS2. The van der Waals surface area contributed by atoms with Crippen molar-refractivity contribution in [2.45, 2.75) is 13.3 Å². The summed E-state index contributed by atoms with van der Waals surface area (Å²) in [5.74, 6) is 1.20. The van der Waals surface area contributed by atoms with Crippen LogP contribution in [0.3, 0.4) is 0 Å². The van der Waals surface area contributed by atoms with E-state index in [0.29, 0.717) is 6.42 Å². The highest BCUT2D eigenvalue weighted by molar-refractivity contribution is 7.98. The second-order valence-electron chi connectivity index (χ2n) is 2.61. The molecule has 1 aromatic rings. The SMILES string of the molecule is CSCCC(=O)c1csc(C)c1. The zero-order chi connectivity index (χ0) is 8.97. The fourth-order valence-electron chi connectivity index (χ4n) is 0.929. The number of thioether (sulfide) groups is 1. The van der Waals surface area contributed by atoms with Crippen molar-refractivity contribution in [3.05, 3.63) is 21.9 Å². The van der Waals surface area contributed by atoms with E-state index in [2.05, 4.69) is 0 Å². The number of ketones is 1. The van der Waals surface area contributed by atoms with E-state index in [1.165, 1.54) is 4.88 Å². The predicted molar refractivity (Wildman–Crippen MR) is 56.4 cm³/mol. The van der Waals surface area contributed by atoms with Crippen molar-refractivity contribution >= 4 is 28.9 Å². The third-order valence-electron chi connectivity index (χ3n) is 1.59. The summed E-state index contributed by atoms with van der Waals surface area (Å²) in [6.07, 6.45) is 2.68. The van der Waals surface area contributed by atoms with E-state index < -0.39 is 0 Å². The van der Waals surface area contributed by atoms with Crippen LogP contribution >= 0.6 is 23.1 Å². The van der Waals surface area contributed by atoms with Crippen LogP contribution in [0.1, 0.15) is 21.7 Å². The van der Waals surface area contributed by atoms with E-state index in [-0.39, 0.29) is 5.78 Å². The smallest absolute Gasteiger partial charge is 0.164 e. The summed E-state index contributed by atoms with van der Waals surface area (Å²) in [7, 11) is 0. The third kappa shape index (κ3) is 2.64. The maximum absolute atomic E-state index is 11.4. The molecule has 0 aliphatic carbocycles. The number of carbonyl (C=O) groups is 1. The van der Waals surface area contributed by atoms with Crippen molar-refractivity contribution in [1.29, 1.82) is 0 Å². The molecule has 0 N–H and O–H groups in total. The Morgan fingerprint density at radius 2 is 2.42 bits per heavy atom. The molecule has 1 rings (SSSR count). The minimum Gasteiger partial charge on any atom is -0.294 e. The Balaban J connectivity index is 2.53. The second kappa shape index (κ2) is 4.67. The predicted octanol–water partition coefficient (Wildman–Crippen LogP) is 2.99. The van der Waals surface area contributed by atoms with Crippen molar-refractivity contribution in [2.75, 3.05) is 12.0 Å². The summed E-state index contributed by atoms with van der Waals surface area (Å²) >= 11 is 3.35. The molecule has 0 saturated heterocycles. The van der Waals surface area contributed by atoms with Crippen LogP contribution in [0.5, 0.6) is 0 Å². The number of thiophene rings is 1. The van der Waals surface area contributed by atoms with Gasteiger partial charge in [0.15, 0.2) is 5.78 Å². The molecule has 12 heavy (non-hydrogen) atoms. The highest BCUT2D eigenvalue weighted by atomic mass is 32.2. The summed E-state index contributed by atoms with van der Waals surface area (Å²) in [6.45, 7) is 2.02. The average Bonchev–Trinajstić information content (AvgIpc) is 2.47. The van der Waals surface area contributed by atoms with Gasteiger partial charge in [0.1, 0.15) is 0 Å². The third-order valence-corrected chi connectivity index (χ3v) is 3.06. The molecule has 0 aliphatic rings. The zero-order valence-corrected chi connectivity index (χ0v) is 8.93. The highest BCUT2D eigenvalue weighted by Gasteiger charge is 2.05. The lowest BCUT2D eigenvalue weighted by atomic mass is 10.2. The molecule has 0 aliphatic heterocycles. The van der Waals surface area contributed by atoms with Gasteiger partial charge >= 0.3 is 0 Å².